The van der Waals surface area contributed by atoms with Crippen molar-refractivity contribution < 1.29 is 18.3 Å². The molecular weight excluding hydrogens is 414 g/mol. The molecule has 0 bridgehead atoms. The van der Waals surface area contributed by atoms with E-state index in [1.807, 2.05) is 30.0 Å². The fourth-order valence-electron chi connectivity index (χ4n) is 4.11. The smallest absolute Gasteiger partial charge is 0.326 e. The van der Waals surface area contributed by atoms with Crippen molar-refractivity contribution in [2.24, 2.45) is 0 Å². The van der Waals surface area contributed by atoms with E-state index < -0.39 is 21.5 Å². The minimum atomic E-state index is -4.04. The molecule has 0 heterocycles. The van der Waals surface area contributed by atoms with E-state index in [1.165, 1.54) is 19.1 Å². The van der Waals surface area contributed by atoms with Gasteiger partial charge in [0.25, 0.3) is 0 Å². The predicted molar refractivity (Wildman–Crippen MR) is 123 cm³/mol. The van der Waals surface area contributed by atoms with Crippen LogP contribution in [0.2, 0.25) is 0 Å². The molecule has 168 valence electrons. The lowest BCUT2D eigenvalue weighted by atomic mass is 9.91. The van der Waals surface area contributed by atoms with Gasteiger partial charge in [0.2, 0.25) is 10.0 Å². The number of nitrogens with two attached hydrogens (primary N) is 1. The number of rotatable bonds is 8. The number of nitrogen functional groups attached to an aromatic ring is 1. The molecule has 0 aromatic heterocycles. The number of benzene rings is 2. The van der Waals surface area contributed by atoms with E-state index >= 15 is 0 Å². The Hall–Kier alpha value is -2.58. The number of carbonyl (C=O) groups is 1. The second-order valence-corrected chi connectivity index (χ2v) is 10.2. The summed E-state index contributed by atoms with van der Waals surface area (Å²) < 4.78 is 28.5. The fraction of sp³-hybridized carbons (Fsp3) is 0.435. The van der Waals surface area contributed by atoms with Crippen molar-refractivity contribution in [1.29, 1.82) is 0 Å². The third-order valence-electron chi connectivity index (χ3n) is 5.91. The van der Waals surface area contributed by atoms with Crippen molar-refractivity contribution in [3.05, 3.63) is 54.1 Å². The zero-order valence-corrected chi connectivity index (χ0v) is 18.9. The standard InChI is InChI=1S/C23H31N3O4S/c1-17-12-14-19(15-13-17)31(29,30)25-23(2,22(27)28)16-26(18-8-4-3-5-9-18)21-11-7-6-10-20(21)24/h6-7,10-15,18,25H,3-5,8-9,16,24H2,1-2H3,(H,27,28). The van der Waals surface area contributed by atoms with Crippen LogP contribution in [0.1, 0.15) is 44.6 Å². The monoisotopic (exact) mass is 445 g/mol. The van der Waals surface area contributed by atoms with Crippen LogP contribution in [0, 0.1) is 6.92 Å². The van der Waals surface area contributed by atoms with E-state index in [0.717, 1.165) is 43.4 Å². The maximum atomic E-state index is 13.0. The highest BCUT2D eigenvalue weighted by Gasteiger charge is 2.41. The van der Waals surface area contributed by atoms with E-state index in [4.69, 9.17) is 5.73 Å². The van der Waals surface area contributed by atoms with Crippen LogP contribution >= 0.6 is 0 Å². The third-order valence-corrected chi connectivity index (χ3v) is 7.52. The van der Waals surface area contributed by atoms with Crippen molar-refractivity contribution in [2.75, 3.05) is 17.2 Å². The summed E-state index contributed by atoms with van der Waals surface area (Å²) in [5, 5.41) is 10.1. The zero-order chi connectivity index (χ0) is 22.6. The Kier molecular flexibility index (Phi) is 6.91. The first-order valence-electron chi connectivity index (χ1n) is 10.6. The summed E-state index contributed by atoms with van der Waals surface area (Å²) in [4.78, 5) is 14.3. The Bertz CT molecular complexity index is 1020. The number of carboxylic acids is 1. The Morgan fingerprint density at radius 3 is 2.32 bits per heavy atom. The predicted octanol–water partition coefficient (Wildman–Crippen LogP) is 3.54. The first kappa shape index (κ1) is 23.1. The Morgan fingerprint density at radius 2 is 1.74 bits per heavy atom. The zero-order valence-electron chi connectivity index (χ0n) is 18.0. The van der Waals surface area contributed by atoms with Gasteiger partial charge < -0.3 is 15.7 Å². The van der Waals surface area contributed by atoms with Gasteiger partial charge in [-0.1, -0.05) is 49.1 Å². The molecule has 1 aliphatic carbocycles. The number of para-hydroxylation sites is 2. The number of nitrogens with one attached hydrogen (secondary N) is 1. The summed E-state index contributed by atoms with van der Waals surface area (Å²) in [6.07, 6.45) is 5.06. The van der Waals surface area contributed by atoms with Crippen LogP contribution in [0.25, 0.3) is 0 Å². The summed E-state index contributed by atoms with van der Waals surface area (Å²) in [6.45, 7) is 3.24. The molecular formula is C23H31N3O4S. The molecule has 1 aliphatic rings. The van der Waals surface area contributed by atoms with Crippen LogP contribution in [-0.2, 0) is 14.8 Å². The van der Waals surface area contributed by atoms with Crippen molar-refractivity contribution >= 4 is 27.4 Å². The Balaban J connectivity index is 1.96. The molecule has 0 spiro atoms. The van der Waals surface area contributed by atoms with Crippen LogP contribution in [0.4, 0.5) is 11.4 Å². The van der Waals surface area contributed by atoms with Gasteiger partial charge in [-0.25, -0.2) is 8.42 Å². The molecule has 0 aliphatic heterocycles. The number of carboxylic acid groups (broad SMARTS) is 1. The second kappa shape index (κ2) is 9.28. The molecule has 2 aromatic carbocycles. The number of nitrogens with zero attached hydrogens (tertiary/aromatic N) is 1. The SMILES string of the molecule is Cc1ccc(S(=O)(=O)NC(C)(CN(c2ccccc2N)C2CCCCC2)C(=O)O)cc1. The quantitative estimate of drug-likeness (QED) is 0.536. The van der Waals surface area contributed by atoms with E-state index in [-0.39, 0.29) is 17.5 Å². The van der Waals surface area contributed by atoms with Gasteiger partial charge >= 0.3 is 5.97 Å². The van der Waals surface area contributed by atoms with E-state index in [0.29, 0.717) is 5.69 Å². The number of hydrogen-bond acceptors (Lipinski definition) is 5. The van der Waals surface area contributed by atoms with Crippen LogP contribution in [-0.4, -0.2) is 37.6 Å². The second-order valence-electron chi connectivity index (χ2n) is 8.53. The van der Waals surface area contributed by atoms with Crippen molar-refractivity contribution in [3.63, 3.8) is 0 Å². The van der Waals surface area contributed by atoms with Crippen molar-refractivity contribution in [2.45, 2.75) is 62.4 Å². The van der Waals surface area contributed by atoms with Crippen molar-refractivity contribution in [3.8, 4) is 0 Å². The van der Waals surface area contributed by atoms with Gasteiger partial charge in [0.15, 0.2) is 0 Å². The van der Waals surface area contributed by atoms with Crippen LogP contribution in [0.5, 0.6) is 0 Å². The molecule has 1 fully saturated rings. The van der Waals surface area contributed by atoms with Gasteiger partial charge in [-0.2, -0.15) is 4.72 Å². The molecule has 1 atom stereocenters. The first-order chi connectivity index (χ1) is 14.6. The lowest BCUT2D eigenvalue weighted by molar-refractivity contribution is -0.143. The highest BCUT2D eigenvalue weighted by atomic mass is 32.2. The molecule has 7 nitrogen and oxygen atoms in total. The van der Waals surface area contributed by atoms with E-state index in [1.54, 1.807) is 18.2 Å². The van der Waals surface area contributed by atoms with Crippen molar-refractivity contribution in [1.82, 2.24) is 4.72 Å². The largest absolute Gasteiger partial charge is 0.480 e. The molecule has 0 radical (unpaired) electrons. The molecule has 3 rings (SSSR count). The first-order valence-corrected chi connectivity index (χ1v) is 12.1. The van der Waals surface area contributed by atoms with Gasteiger partial charge in [0.05, 0.1) is 16.3 Å². The third kappa shape index (κ3) is 5.37. The highest BCUT2D eigenvalue weighted by molar-refractivity contribution is 7.89. The topological polar surface area (TPSA) is 113 Å². The van der Waals surface area contributed by atoms with Crippen LogP contribution in [0.3, 0.4) is 0 Å². The molecule has 0 amide bonds. The maximum Gasteiger partial charge on any atom is 0.326 e. The number of sulfonamides is 1. The van der Waals surface area contributed by atoms with Gasteiger partial charge in [0, 0.05) is 12.6 Å². The maximum absolute atomic E-state index is 13.0. The number of aryl methyl sites for hydroxylation is 1. The lowest BCUT2D eigenvalue weighted by Gasteiger charge is -2.41. The molecule has 2 aromatic rings. The highest BCUT2D eigenvalue weighted by Crippen LogP contribution is 2.32. The summed E-state index contributed by atoms with van der Waals surface area (Å²) in [7, 11) is -4.04. The molecule has 1 saturated carbocycles. The summed E-state index contributed by atoms with van der Waals surface area (Å²) in [5.41, 5.74) is 6.68. The minimum Gasteiger partial charge on any atom is -0.480 e. The molecule has 0 saturated heterocycles. The lowest BCUT2D eigenvalue weighted by Crippen LogP contribution is -2.60. The fourth-order valence-corrected chi connectivity index (χ4v) is 5.47. The summed E-state index contributed by atoms with van der Waals surface area (Å²) >= 11 is 0. The van der Waals surface area contributed by atoms with Gasteiger partial charge in [0.1, 0.15) is 5.54 Å². The average Bonchev–Trinajstić information content (AvgIpc) is 2.73. The van der Waals surface area contributed by atoms with Crippen LogP contribution in [0.15, 0.2) is 53.4 Å². The van der Waals surface area contributed by atoms with Gasteiger partial charge in [-0.15, -0.1) is 0 Å². The number of hydrogen-bond donors (Lipinski definition) is 3. The van der Waals surface area contributed by atoms with E-state index in [2.05, 4.69) is 4.72 Å². The van der Waals surface area contributed by atoms with Crippen LogP contribution < -0.4 is 15.4 Å². The van der Waals surface area contributed by atoms with Gasteiger partial charge in [-0.3, -0.25) is 4.79 Å². The van der Waals surface area contributed by atoms with Gasteiger partial charge in [-0.05, 0) is 51.0 Å². The minimum absolute atomic E-state index is 0.0354. The normalized spacial score (nSPS) is 17.1. The average molecular weight is 446 g/mol. The number of anilines is 2. The molecule has 1 unspecified atom stereocenters. The molecule has 4 N–H and O–H groups in total. The Labute approximate surface area is 184 Å². The molecule has 31 heavy (non-hydrogen) atoms. The Morgan fingerprint density at radius 1 is 1.13 bits per heavy atom. The molecule has 8 heteroatoms. The summed E-state index contributed by atoms with van der Waals surface area (Å²) in [5.74, 6) is -1.24. The summed E-state index contributed by atoms with van der Waals surface area (Å²) in [6, 6.07) is 13.8. The van der Waals surface area contributed by atoms with E-state index in [9.17, 15) is 18.3 Å². The number of aliphatic carboxylic acids is 1.